The molecule has 1 atom stereocenters. The number of benzene rings is 2. The molecule has 2 heterocycles. The van der Waals surface area contributed by atoms with Gasteiger partial charge in [0.2, 0.25) is 0 Å². The van der Waals surface area contributed by atoms with E-state index < -0.39 is 32.4 Å². The lowest BCUT2D eigenvalue weighted by Gasteiger charge is -2.37. The summed E-state index contributed by atoms with van der Waals surface area (Å²) in [7, 11) is -4.51. The third-order valence-electron chi connectivity index (χ3n) is 5.45. The number of thiazole rings is 1. The lowest BCUT2D eigenvalue weighted by atomic mass is 9.97. The Morgan fingerprint density at radius 2 is 1.88 bits per heavy atom. The summed E-state index contributed by atoms with van der Waals surface area (Å²) in [4.78, 5) is 4.86. The maximum Gasteiger partial charge on any atom is 0.268 e. The summed E-state index contributed by atoms with van der Waals surface area (Å²) >= 11 is 1.13. The van der Waals surface area contributed by atoms with Gasteiger partial charge in [0.25, 0.3) is 10.0 Å². The molecule has 4 rings (SSSR count). The highest BCUT2D eigenvalue weighted by Crippen LogP contribution is 2.30. The molecule has 0 bridgehead atoms. The lowest BCUT2D eigenvalue weighted by molar-refractivity contribution is 0.128. The molecular formula is C21H21F3N4O2S2. The number of hydrogen-bond acceptors (Lipinski definition) is 6. The molecule has 2 aromatic carbocycles. The minimum Gasteiger partial charge on any atom is -0.381 e. The number of nitrogens with zero attached hydrogens (tertiary/aromatic N) is 2. The summed E-state index contributed by atoms with van der Waals surface area (Å²) in [5, 5.41) is 4.21. The van der Waals surface area contributed by atoms with Crippen LogP contribution in [0, 0.1) is 17.5 Å². The van der Waals surface area contributed by atoms with E-state index in [-0.39, 0.29) is 24.1 Å². The maximum atomic E-state index is 14.6. The summed E-state index contributed by atoms with van der Waals surface area (Å²) in [6.45, 7) is 3.85. The largest absolute Gasteiger partial charge is 0.381 e. The molecule has 1 unspecified atom stereocenters. The fraction of sp³-hybridized carbons (Fsp3) is 0.286. The van der Waals surface area contributed by atoms with Gasteiger partial charge >= 0.3 is 0 Å². The van der Waals surface area contributed by atoms with Crippen LogP contribution in [0.1, 0.15) is 30.5 Å². The molecule has 170 valence electrons. The van der Waals surface area contributed by atoms with E-state index in [0.717, 1.165) is 48.5 Å². The Morgan fingerprint density at radius 3 is 2.47 bits per heavy atom. The Balaban J connectivity index is 1.55. The number of aromatic nitrogens is 1. The molecule has 0 amide bonds. The van der Waals surface area contributed by atoms with Gasteiger partial charge in [-0.15, -0.1) is 11.3 Å². The van der Waals surface area contributed by atoms with Crippen molar-refractivity contribution in [2.75, 3.05) is 23.1 Å². The van der Waals surface area contributed by atoms with Gasteiger partial charge < -0.3 is 5.32 Å². The van der Waals surface area contributed by atoms with E-state index in [1.165, 1.54) is 17.0 Å². The van der Waals surface area contributed by atoms with Crippen molar-refractivity contribution in [3.05, 3.63) is 69.8 Å². The minimum atomic E-state index is -4.51. The Hall–Kier alpha value is -2.63. The SMILES string of the molecule is CC(c1cccc(F)c1CNc1cc(F)c(S(=O)(=O)Nc2cscn2)c(F)c1)N1CCC1. The summed E-state index contributed by atoms with van der Waals surface area (Å²) < 4.78 is 70.6. The van der Waals surface area contributed by atoms with Gasteiger partial charge in [0.05, 0.1) is 5.51 Å². The first kappa shape index (κ1) is 22.6. The zero-order chi connectivity index (χ0) is 22.9. The van der Waals surface area contributed by atoms with E-state index in [1.54, 1.807) is 6.07 Å². The average molecular weight is 483 g/mol. The Labute approximate surface area is 188 Å². The molecule has 0 saturated carbocycles. The molecule has 1 aliphatic heterocycles. The van der Waals surface area contributed by atoms with Crippen molar-refractivity contribution < 1.29 is 21.6 Å². The fourth-order valence-electron chi connectivity index (χ4n) is 3.64. The summed E-state index contributed by atoms with van der Waals surface area (Å²) in [5.41, 5.74) is 2.58. The summed E-state index contributed by atoms with van der Waals surface area (Å²) in [6.07, 6.45) is 1.10. The number of likely N-dealkylation sites (tertiary alicyclic amines) is 1. The molecule has 0 radical (unpaired) electrons. The van der Waals surface area contributed by atoms with Crippen LogP contribution in [-0.4, -0.2) is 31.4 Å². The maximum absolute atomic E-state index is 14.6. The second kappa shape index (κ2) is 9.08. The predicted octanol–water partition coefficient (Wildman–Crippen LogP) is 4.74. The molecule has 1 fully saturated rings. The summed E-state index contributed by atoms with van der Waals surface area (Å²) in [6, 6.07) is 6.57. The Kier molecular flexibility index (Phi) is 6.40. The molecule has 2 N–H and O–H groups in total. The van der Waals surface area contributed by atoms with Crippen molar-refractivity contribution in [1.29, 1.82) is 0 Å². The highest BCUT2D eigenvalue weighted by Gasteiger charge is 2.27. The molecule has 11 heteroatoms. The minimum absolute atomic E-state index is 0.00147. The van der Waals surface area contributed by atoms with Gasteiger partial charge in [0.1, 0.15) is 17.5 Å². The molecule has 1 aliphatic rings. The number of nitrogens with one attached hydrogen (secondary N) is 2. The molecule has 0 aliphatic carbocycles. The van der Waals surface area contributed by atoms with E-state index in [9.17, 15) is 21.6 Å². The number of halogens is 3. The highest BCUT2D eigenvalue weighted by atomic mass is 32.2. The monoisotopic (exact) mass is 482 g/mol. The zero-order valence-electron chi connectivity index (χ0n) is 17.1. The Bertz CT molecular complexity index is 1190. The zero-order valence-corrected chi connectivity index (χ0v) is 18.7. The number of anilines is 2. The fourth-order valence-corrected chi connectivity index (χ4v) is 5.32. The molecular weight excluding hydrogens is 461 g/mol. The smallest absolute Gasteiger partial charge is 0.268 e. The van der Waals surface area contributed by atoms with E-state index >= 15 is 0 Å². The lowest BCUT2D eigenvalue weighted by Crippen LogP contribution is -2.39. The summed E-state index contributed by atoms with van der Waals surface area (Å²) in [5.74, 6) is -2.98. The topological polar surface area (TPSA) is 74.3 Å². The van der Waals surface area contributed by atoms with Crippen molar-refractivity contribution in [3.63, 3.8) is 0 Å². The highest BCUT2D eigenvalue weighted by molar-refractivity contribution is 7.92. The molecule has 32 heavy (non-hydrogen) atoms. The van der Waals surface area contributed by atoms with Gasteiger partial charge in [0.15, 0.2) is 10.7 Å². The molecule has 1 aromatic heterocycles. The van der Waals surface area contributed by atoms with Crippen LogP contribution in [0.3, 0.4) is 0 Å². The van der Waals surface area contributed by atoms with Gasteiger partial charge in [-0.2, -0.15) is 0 Å². The van der Waals surface area contributed by atoms with Crippen LogP contribution in [-0.2, 0) is 16.6 Å². The van der Waals surface area contributed by atoms with Crippen LogP contribution in [0.25, 0.3) is 0 Å². The van der Waals surface area contributed by atoms with Gasteiger partial charge in [-0.05, 0) is 50.2 Å². The molecule has 6 nitrogen and oxygen atoms in total. The van der Waals surface area contributed by atoms with Crippen molar-refractivity contribution in [2.24, 2.45) is 0 Å². The van der Waals surface area contributed by atoms with Gasteiger partial charge in [-0.1, -0.05) is 12.1 Å². The van der Waals surface area contributed by atoms with Gasteiger partial charge in [0, 0.05) is 29.2 Å². The third kappa shape index (κ3) is 4.59. The van der Waals surface area contributed by atoms with E-state index in [0.29, 0.717) is 5.56 Å². The van der Waals surface area contributed by atoms with Crippen molar-refractivity contribution >= 4 is 32.9 Å². The van der Waals surface area contributed by atoms with E-state index in [2.05, 4.69) is 15.2 Å². The molecule has 3 aromatic rings. The van der Waals surface area contributed by atoms with Crippen molar-refractivity contribution in [3.8, 4) is 0 Å². The first-order chi connectivity index (χ1) is 15.3. The average Bonchev–Trinajstić information content (AvgIpc) is 3.16. The van der Waals surface area contributed by atoms with Crippen LogP contribution < -0.4 is 10.0 Å². The standard InChI is InChI=1S/C21H21F3N4O2S2/c1-13(28-6-3-7-28)15-4-2-5-17(22)16(15)10-25-14-8-18(23)21(19(24)9-14)32(29,30)27-20-11-31-12-26-20/h2,4-5,8-9,11-13,25,27H,3,6-7,10H2,1H3. The van der Waals surface area contributed by atoms with Crippen LogP contribution in [0.5, 0.6) is 0 Å². The van der Waals surface area contributed by atoms with E-state index in [4.69, 9.17) is 0 Å². The van der Waals surface area contributed by atoms with Gasteiger partial charge in [-0.3, -0.25) is 9.62 Å². The first-order valence-corrected chi connectivity index (χ1v) is 12.3. The first-order valence-electron chi connectivity index (χ1n) is 9.91. The number of rotatable bonds is 8. The van der Waals surface area contributed by atoms with Crippen LogP contribution >= 0.6 is 11.3 Å². The number of sulfonamides is 1. The molecule has 0 spiro atoms. The van der Waals surface area contributed by atoms with Crippen LogP contribution in [0.15, 0.2) is 46.1 Å². The van der Waals surface area contributed by atoms with Crippen molar-refractivity contribution in [1.82, 2.24) is 9.88 Å². The quantitative estimate of drug-likeness (QED) is 0.485. The third-order valence-corrected chi connectivity index (χ3v) is 7.44. The number of hydrogen-bond donors (Lipinski definition) is 2. The normalized spacial score (nSPS) is 15.2. The van der Waals surface area contributed by atoms with Crippen LogP contribution in [0.2, 0.25) is 0 Å². The molecule has 1 saturated heterocycles. The second-order valence-electron chi connectivity index (χ2n) is 7.47. The van der Waals surface area contributed by atoms with E-state index in [1.807, 2.05) is 17.7 Å². The Morgan fingerprint density at radius 1 is 1.16 bits per heavy atom. The van der Waals surface area contributed by atoms with Crippen LogP contribution in [0.4, 0.5) is 24.7 Å². The second-order valence-corrected chi connectivity index (χ2v) is 9.81. The van der Waals surface area contributed by atoms with Gasteiger partial charge in [-0.25, -0.2) is 26.6 Å². The van der Waals surface area contributed by atoms with Crippen molar-refractivity contribution in [2.45, 2.75) is 30.8 Å². The predicted molar refractivity (Wildman–Crippen MR) is 118 cm³/mol.